The van der Waals surface area contributed by atoms with Gasteiger partial charge in [0.25, 0.3) is 5.91 Å². The number of benzene rings is 3. The first-order chi connectivity index (χ1) is 14.6. The van der Waals surface area contributed by atoms with Crippen molar-refractivity contribution in [2.75, 3.05) is 9.96 Å². The molecule has 2 aliphatic rings. The lowest BCUT2D eigenvalue weighted by Gasteiger charge is -2.29. The van der Waals surface area contributed by atoms with Crippen LogP contribution in [-0.2, 0) is 14.4 Å². The highest BCUT2D eigenvalue weighted by Gasteiger charge is 2.60. The molecule has 2 fully saturated rings. The van der Waals surface area contributed by atoms with E-state index in [4.69, 9.17) is 16.4 Å². The first-order valence-electron chi connectivity index (χ1n) is 9.48. The molecule has 6 nitrogen and oxygen atoms in total. The normalized spacial score (nSPS) is 23.2. The SMILES string of the molecule is O=C1[C@@H]2[C@@H](ON(c3ccccc3)[C@H]2c2ccc(O)cc2)C(=O)N1c1ccccc1Cl. The third kappa shape index (κ3) is 2.84. The van der Waals surface area contributed by atoms with E-state index in [2.05, 4.69) is 0 Å². The van der Waals surface area contributed by atoms with Crippen molar-refractivity contribution in [3.8, 4) is 5.75 Å². The maximum atomic E-state index is 13.5. The number of anilines is 2. The number of hydrogen-bond acceptors (Lipinski definition) is 5. The van der Waals surface area contributed by atoms with Crippen molar-refractivity contribution >= 4 is 34.8 Å². The van der Waals surface area contributed by atoms with Crippen LogP contribution in [0, 0.1) is 5.92 Å². The average Bonchev–Trinajstić information content (AvgIpc) is 3.26. The van der Waals surface area contributed by atoms with E-state index in [1.165, 1.54) is 0 Å². The number of hydroxylamine groups is 1. The Labute approximate surface area is 177 Å². The van der Waals surface area contributed by atoms with Crippen LogP contribution in [0.25, 0.3) is 0 Å². The van der Waals surface area contributed by atoms with Crippen LogP contribution in [-0.4, -0.2) is 23.0 Å². The van der Waals surface area contributed by atoms with Gasteiger partial charge in [0.15, 0.2) is 6.10 Å². The minimum Gasteiger partial charge on any atom is -0.508 e. The number of phenolic OH excluding ortho intramolecular Hbond substituents is 1. The van der Waals surface area contributed by atoms with Gasteiger partial charge in [-0.2, -0.15) is 0 Å². The van der Waals surface area contributed by atoms with E-state index in [-0.39, 0.29) is 11.7 Å². The number of rotatable bonds is 3. The van der Waals surface area contributed by atoms with Gasteiger partial charge in [-0.25, -0.2) is 9.96 Å². The van der Waals surface area contributed by atoms with Crippen molar-refractivity contribution in [3.05, 3.63) is 89.4 Å². The van der Waals surface area contributed by atoms with Gasteiger partial charge >= 0.3 is 0 Å². The predicted octanol–water partition coefficient (Wildman–Crippen LogP) is 4.10. The lowest BCUT2D eigenvalue weighted by atomic mass is 9.90. The highest BCUT2D eigenvalue weighted by Crippen LogP contribution is 2.48. The van der Waals surface area contributed by atoms with Crippen molar-refractivity contribution in [2.24, 2.45) is 5.92 Å². The standard InChI is InChI=1S/C23H17ClN2O4/c24-17-8-4-5-9-18(17)25-22(28)19-20(14-10-12-16(27)13-11-14)26(30-21(19)23(25)29)15-6-2-1-3-7-15/h1-13,19-21,27H/t19-,20-,21+/m0/s1. The number of fused-ring (bicyclic) bond motifs is 1. The van der Waals surface area contributed by atoms with Gasteiger partial charge in [-0.1, -0.05) is 54.1 Å². The molecule has 5 rings (SSSR count). The summed E-state index contributed by atoms with van der Waals surface area (Å²) < 4.78 is 0. The van der Waals surface area contributed by atoms with E-state index >= 15 is 0 Å². The minimum atomic E-state index is -0.965. The summed E-state index contributed by atoms with van der Waals surface area (Å²) in [6.07, 6.45) is -0.965. The maximum absolute atomic E-state index is 13.5. The monoisotopic (exact) mass is 420 g/mol. The first-order valence-corrected chi connectivity index (χ1v) is 9.86. The molecular formula is C23H17ClN2O4. The quantitative estimate of drug-likeness (QED) is 0.646. The number of nitrogens with zero attached hydrogens (tertiary/aromatic N) is 2. The Hall–Kier alpha value is -3.35. The van der Waals surface area contributed by atoms with Crippen molar-refractivity contribution in [1.82, 2.24) is 0 Å². The van der Waals surface area contributed by atoms with Gasteiger partial charge < -0.3 is 5.11 Å². The number of carbonyl (C=O) groups is 2. The molecule has 2 amide bonds. The van der Waals surface area contributed by atoms with Gasteiger partial charge in [0.1, 0.15) is 11.7 Å². The molecule has 150 valence electrons. The largest absolute Gasteiger partial charge is 0.508 e. The number of amides is 2. The third-order valence-electron chi connectivity index (χ3n) is 5.45. The fourth-order valence-electron chi connectivity index (χ4n) is 4.09. The lowest BCUT2D eigenvalue weighted by molar-refractivity contribution is -0.126. The Bertz CT molecular complexity index is 1120. The Morgan fingerprint density at radius 1 is 0.833 bits per heavy atom. The highest BCUT2D eigenvalue weighted by molar-refractivity contribution is 6.36. The second kappa shape index (κ2) is 7.16. The second-order valence-corrected chi connectivity index (χ2v) is 7.62. The van der Waals surface area contributed by atoms with E-state index in [1.807, 2.05) is 30.3 Å². The van der Waals surface area contributed by atoms with Crippen LogP contribution >= 0.6 is 11.6 Å². The van der Waals surface area contributed by atoms with E-state index in [9.17, 15) is 14.7 Å². The third-order valence-corrected chi connectivity index (χ3v) is 5.77. The summed E-state index contributed by atoms with van der Waals surface area (Å²) in [6, 6.07) is 22.1. The molecule has 0 aromatic heterocycles. The smallest absolute Gasteiger partial charge is 0.266 e. The van der Waals surface area contributed by atoms with Gasteiger partial charge in [-0.3, -0.25) is 14.4 Å². The summed E-state index contributed by atoms with van der Waals surface area (Å²) in [5, 5.41) is 11.6. The van der Waals surface area contributed by atoms with Crippen LogP contribution in [0.1, 0.15) is 11.6 Å². The molecule has 3 aromatic carbocycles. The Morgan fingerprint density at radius 2 is 1.50 bits per heavy atom. The summed E-state index contributed by atoms with van der Waals surface area (Å²) >= 11 is 6.26. The number of para-hydroxylation sites is 2. The molecule has 0 radical (unpaired) electrons. The zero-order valence-electron chi connectivity index (χ0n) is 15.7. The maximum Gasteiger partial charge on any atom is 0.266 e. The van der Waals surface area contributed by atoms with Crippen LogP contribution in [0.15, 0.2) is 78.9 Å². The average molecular weight is 421 g/mol. The number of carbonyl (C=O) groups excluding carboxylic acids is 2. The van der Waals surface area contributed by atoms with Gasteiger partial charge in [-0.15, -0.1) is 0 Å². The van der Waals surface area contributed by atoms with Crippen LogP contribution < -0.4 is 9.96 Å². The molecule has 7 heteroatoms. The van der Waals surface area contributed by atoms with Crippen molar-refractivity contribution in [3.63, 3.8) is 0 Å². The predicted molar refractivity (Wildman–Crippen MR) is 112 cm³/mol. The number of aromatic hydroxyl groups is 1. The van der Waals surface area contributed by atoms with E-state index in [0.717, 1.165) is 16.2 Å². The Morgan fingerprint density at radius 3 is 2.20 bits per heavy atom. The van der Waals surface area contributed by atoms with Crippen LogP contribution in [0.5, 0.6) is 5.75 Å². The molecule has 30 heavy (non-hydrogen) atoms. The van der Waals surface area contributed by atoms with E-state index < -0.39 is 24.0 Å². The van der Waals surface area contributed by atoms with E-state index in [0.29, 0.717) is 10.7 Å². The summed E-state index contributed by atoms with van der Waals surface area (Å²) in [6.45, 7) is 0. The number of imide groups is 1. The number of phenols is 1. The van der Waals surface area contributed by atoms with Crippen molar-refractivity contribution in [2.45, 2.75) is 12.1 Å². The molecule has 0 bridgehead atoms. The van der Waals surface area contributed by atoms with Gasteiger partial charge in [0.05, 0.1) is 22.4 Å². The fourth-order valence-corrected chi connectivity index (χ4v) is 4.31. The lowest BCUT2D eigenvalue weighted by Crippen LogP contribution is -2.37. The fraction of sp³-hybridized carbons (Fsp3) is 0.130. The summed E-state index contributed by atoms with van der Waals surface area (Å²) in [5.74, 6) is -1.44. The number of halogens is 1. The molecule has 3 aromatic rings. The molecule has 2 saturated heterocycles. The topological polar surface area (TPSA) is 70.1 Å². The van der Waals surface area contributed by atoms with Gasteiger partial charge in [0, 0.05) is 0 Å². The molecule has 2 aliphatic heterocycles. The van der Waals surface area contributed by atoms with Crippen LogP contribution in [0.3, 0.4) is 0 Å². The summed E-state index contributed by atoms with van der Waals surface area (Å²) in [4.78, 5) is 33.9. The Kier molecular flexibility index (Phi) is 4.46. The molecule has 2 heterocycles. The zero-order valence-corrected chi connectivity index (χ0v) is 16.4. The molecule has 3 atom stereocenters. The summed E-state index contributed by atoms with van der Waals surface area (Å²) in [5.41, 5.74) is 1.84. The molecule has 0 aliphatic carbocycles. The highest BCUT2D eigenvalue weighted by atomic mass is 35.5. The van der Waals surface area contributed by atoms with Crippen molar-refractivity contribution in [1.29, 1.82) is 0 Å². The molecule has 0 saturated carbocycles. The first kappa shape index (κ1) is 18.7. The molecular weight excluding hydrogens is 404 g/mol. The number of hydrogen-bond donors (Lipinski definition) is 1. The zero-order chi connectivity index (χ0) is 20.8. The summed E-state index contributed by atoms with van der Waals surface area (Å²) in [7, 11) is 0. The van der Waals surface area contributed by atoms with Crippen molar-refractivity contribution < 1.29 is 19.5 Å². The van der Waals surface area contributed by atoms with Crippen LogP contribution in [0.2, 0.25) is 5.02 Å². The minimum absolute atomic E-state index is 0.118. The van der Waals surface area contributed by atoms with Gasteiger partial charge in [-0.05, 0) is 42.0 Å². The van der Waals surface area contributed by atoms with Gasteiger partial charge in [0.2, 0.25) is 5.91 Å². The molecule has 0 unspecified atom stereocenters. The molecule has 0 spiro atoms. The molecule has 1 N–H and O–H groups in total. The van der Waals surface area contributed by atoms with Crippen LogP contribution in [0.4, 0.5) is 11.4 Å². The second-order valence-electron chi connectivity index (χ2n) is 7.21. The van der Waals surface area contributed by atoms with E-state index in [1.54, 1.807) is 53.6 Å². The Balaban J connectivity index is 1.60.